The number of fused-ring (bicyclic) bond motifs is 1. The molecule has 0 radical (unpaired) electrons. The van der Waals surface area contributed by atoms with E-state index in [0.717, 1.165) is 6.42 Å². The van der Waals surface area contributed by atoms with E-state index in [2.05, 4.69) is 5.32 Å². The number of carboxylic acid groups (broad SMARTS) is 1. The Kier molecular flexibility index (Phi) is 1.90. The summed E-state index contributed by atoms with van der Waals surface area (Å²) in [6, 6.07) is -0.0880. The molecule has 0 aromatic rings. The van der Waals surface area contributed by atoms with E-state index in [0.29, 0.717) is 13.2 Å². The minimum atomic E-state index is -0.990. The lowest BCUT2D eigenvalue weighted by Crippen LogP contribution is -2.39. The molecule has 3 atom stereocenters. The molecule has 2 heterocycles. The third-order valence-corrected chi connectivity index (χ3v) is 2.35. The number of hydrogen-bond acceptors (Lipinski definition) is 3. The highest BCUT2D eigenvalue weighted by Gasteiger charge is 2.42. The molecule has 0 aliphatic carbocycles. The maximum absolute atomic E-state index is 10.3. The van der Waals surface area contributed by atoms with Gasteiger partial charge in [-0.25, -0.2) is 4.79 Å². The zero-order valence-corrected chi connectivity index (χ0v) is 6.53. The quantitative estimate of drug-likeness (QED) is 0.586. The molecule has 3 unspecified atom stereocenters. The Balaban J connectivity index is 1.95. The summed E-state index contributed by atoms with van der Waals surface area (Å²) in [6.07, 6.45) is -0.284. The second-order valence-electron chi connectivity index (χ2n) is 3.08. The predicted molar refractivity (Wildman–Crippen MR) is 38.7 cm³/mol. The normalized spacial score (nSPS) is 39.5. The molecule has 0 spiro atoms. The van der Waals surface area contributed by atoms with E-state index in [-0.39, 0.29) is 18.2 Å². The van der Waals surface area contributed by atoms with Crippen molar-refractivity contribution in [2.24, 2.45) is 5.92 Å². The van der Waals surface area contributed by atoms with E-state index in [9.17, 15) is 4.79 Å². The maximum atomic E-state index is 10.3. The summed E-state index contributed by atoms with van der Waals surface area (Å²) in [6.45, 7) is 1.11. The van der Waals surface area contributed by atoms with Crippen molar-refractivity contribution in [1.29, 1.82) is 0 Å². The van der Waals surface area contributed by atoms with Crippen LogP contribution in [0.3, 0.4) is 0 Å². The highest BCUT2D eigenvalue weighted by Crippen LogP contribution is 2.30. The maximum Gasteiger partial charge on any atom is 0.404 e. The van der Waals surface area contributed by atoms with Gasteiger partial charge in [0, 0.05) is 5.92 Å². The summed E-state index contributed by atoms with van der Waals surface area (Å²) in [5.41, 5.74) is 0. The van der Waals surface area contributed by atoms with Gasteiger partial charge in [-0.2, -0.15) is 0 Å². The van der Waals surface area contributed by atoms with Crippen LogP contribution in [0.4, 0.5) is 4.79 Å². The molecule has 12 heavy (non-hydrogen) atoms. The van der Waals surface area contributed by atoms with E-state index >= 15 is 0 Å². The number of amides is 1. The topological polar surface area (TPSA) is 67.8 Å². The Morgan fingerprint density at radius 3 is 3.08 bits per heavy atom. The summed E-state index contributed by atoms with van der Waals surface area (Å²) in [5.74, 6) is 0.209. The van der Waals surface area contributed by atoms with Gasteiger partial charge in [-0.05, 0) is 6.42 Å². The fourth-order valence-corrected chi connectivity index (χ4v) is 1.77. The summed E-state index contributed by atoms with van der Waals surface area (Å²) >= 11 is 0. The Labute approximate surface area is 69.6 Å². The molecule has 2 aliphatic rings. The van der Waals surface area contributed by atoms with E-state index in [4.69, 9.17) is 14.6 Å². The number of carbonyl (C=O) groups is 1. The van der Waals surface area contributed by atoms with Gasteiger partial charge in [0.2, 0.25) is 0 Å². The van der Waals surface area contributed by atoms with Crippen LogP contribution < -0.4 is 5.32 Å². The third-order valence-electron chi connectivity index (χ3n) is 2.35. The highest BCUT2D eigenvalue weighted by atomic mass is 16.7. The molecule has 0 aromatic carbocycles. The lowest BCUT2D eigenvalue weighted by Gasteiger charge is -2.13. The standard InChI is InChI=1S/C7H11NO4/c9-7(10)8-5-3-12-6-4(5)1-2-11-6/h4-6,8H,1-3H2,(H,9,10). The second-order valence-corrected chi connectivity index (χ2v) is 3.08. The predicted octanol–water partition coefficient (Wildman–Crippen LogP) is 0.0154. The first-order valence-corrected chi connectivity index (χ1v) is 4.00. The SMILES string of the molecule is O=C(O)NC1COC2OCCC12. The largest absolute Gasteiger partial charge is 0.465 e. The monoisotopic (exact) mass is 173 g/mol. The van der Waals surface area contributed by atoms with Crippen LogP contribution in [0.5, 0.6) is 0 Å². The van der Waals surface area contributed by atoms with Crippen molar-refractivity contribution in [2.45, 2.75) is 18.8 Å². The van der Waals surface area contributed by atoms with Gasteiger partial charge in [0.15, 0.2) is 6.29 Å². The zero-order valence-electron chi connectivity index (χ0n) is 6.53. The molecule has 5 heteroatoms. The van der Waals surface area contributed by atoms with Gasteiger partial charge in [0.1, 0.15) is 0 Å². The molecule has 0 aromatic heterocycles. The highest BCUT2D eigenvalue weighted by molar-refractivity contribution is 5.65. The first-order valence-electron chi connectivity index (χ1n) is 4.00. The molecule has 2 saturated heterocycles. The van der Waals surface area contributed by atoms with Crippen LogP contribution in [-0.2, 0) is 9.47 Å². The van der Waals surface area contributed by atoms with Crippen molar-refractivity contribution in [2.75, 3.05) is 13.2 Å². The van der Waals surface area contributed by atoms with Crippen molar-refractivity contribution in [3.63, 3.8) is 0 Å². The molecule has 68 valence electrons. The van der Waals surface area contributed by atoms with Gasteiger partial charge >= 0.3 is 6.09 Å². The average Bonchev–Trinajstić information content (AvgIpc) is 2.52. The Bertz CT molecular complexity index is 196. The van der Waals surface area contributed by atoms with Gasteiger partial charge < -0.3 is 19.9 Å². The Morgan fingerprint density at radius 1 is 1.50 bits per heavy atom. The van der Waals surface area contributed by atoms with Gasteiger partial charge in [-0.1, -0.05) is 0 Å². The van der Waals surface area contributed by atoms with Crippen LogP contribution in [-0.4, -0.2) is 36.7 Å². The lowest BCUT2D eigenvalue weighted by atomic mass is 10.0. The number of ether oxygens (including phenoxy) is 2. The van der Waals surface area contributed by atoms with Crippen LogP contribution in [0.15, 0.2) is 0 Å². The minimum Gasteiger partial charge on any atom is -0.465 e. The summed E-state index contributed by atoms with van der Waals surface area (Å²) in [5, 5.41) is 10.9. The van der Waals surface area contributed by atoms with E-state index in [1.54, 1.807) is 0 Å². The summed E-state index contributed by atoms with van der Waals surface area (Å²) in [7, 11) is 0. The van der Waals surface area contributed by atoms with Crippen molar-refractivity contribution in [3.05, 3.63) is 0 Å². The second kappa shape index (κ2) is 2.91. The van der Waals surface area contributed by atoms with Crippen LogP contribution in [0.2, 0.25) is 0 Å². The van der Waals surface area contributed by atoms with E-state index < -0.39 is 6.09 Å². The lowest BCUT2D eigenvalue weighted by molar-refractivity contribution is -0.0905. The molecule has 2 fully saturated rings. The smallest absolute Gasteiger partial charge is 0.404 e. The van der Waals surface area contributed by atoms with Gasteiger partial charge in [0.05, 0.1) is 19.3 Å². The van der Waals surface area contributed by atoms with Gasteiger partial charge in [-0.3, -0.25) is 0 Å². The third kappa shape index (κ3) is 1.25. The minimum absolute atomic E-state index is 0.0880. The van der Waals surface area contributed by atoms with Crippen molar-refractivity contribution >= 4 is 6.09 Å². The van der Waals surface area contributed by atoms with Crippen molar-refractivity contribution in [3.8, 4) is 0 Å². The number of nitrogens with one attached hydrogen (secondary N) is 1. The molecular formula is C7H11NO4. The van der Waals surface area contributed by atoms with E-state index in [1.165, 1.54) is 0 Å². The van der Waals surface area contributed by atoms with Gasteiger partial charge in [0.25, 0.3) is 0 Å². The van der Waals surface area contributed by atoms with Crippen molar-refractivity contribution < 1.29 is 19.4 Å². The molecule has 2 rings (SSSR count). The summed E-state index contributed by atoms with van der Waals surface area (Å²) in [4.78, 5) is 10.3. The van der Waals surface area contributed by atoms with Crippen LogP contribution in [0.1, 0.15) is 6.42 Å². The molecule has 2 N–H and O–H groups in total. The Morgan fingerprint density at radius 2 is 2.33 bits per heavy atom. The number of hydrogen-bond donors (Lipinski definition) is 2. The fraction of sp³-hybridized carbons (Fsp3) is 0.857. The molecule has 2 aliphatic heterocycles. The average molecular weight is 173 g/mol. The van der Waals surface area contributed by atoms with Gasteiger partial charge in [-0.15, -0.1) is 0 Å². The molecule has 5 nitrogen and oxygen atoms in total. The van der Waals surface area contributed by atoms with E-state index in [1.807, 2.05) is 0 Å². The number of rotatable bonds is 1. The van der Waals surface area contributed by atoms with Crippen molar-refractivity contribution in [1.82, 2.24) is 5.32 Å². The van der Waals surface area contributed by atoms with Crippen LogP contribution >= 0.6 is 0 Å². The first-order chi connectivity index (χ1) is 5.77. The van der Waals surface area contributed by atoms with Crippen LogP contribution in [0.25, 0.3) is 0 Å². The molecule has 1 amide bonds. The zero-order chi connectivity index (χ0) is 8.55. The molecule has 0 saturated carbocycles. The van der Waals surface area contributed by atoms with Crippen LogP contribution in [0, 0.1) is 5.92 Å². The molecule has 0 bridgehead atoms. The molecular weight excluding hydrogens is 162 g/mol. The first kappa shape index (κ1) is 7.82. The fourth-order valence-electron chi connectivity index (χ4n) is 1.77. The Hall–Kier alpha value is -0.810. The summed E-state index contributed by atoms with van der Waals surface area (Å²) < 4.78 is 10.5.